The molecule has 0 spiro atoms. The molecule has 0 aromatic carbocycles. The third-order valence-corrected chi connectivity index (χ3v) is 3.57. The topological polar surface area (TPSA) is 78.1 Å². The van der Waals surface area contributed by atoms with Gasteiger partial charge in [0.05, 0.1) is 11.8 Å². The van der Waals surface area contributed by atoms with Gasteiger partial charge in [0, 0.05) is 12.8 Å². The first kappa shape index (κ1) is 11.5. The first-order valence-corrected chi connectivity index (χ1v) is 6.41. The van der Waals surface area contributed by atoms with Crippen molar-refractivity contribution < 1.29 is 8.94 Å². The number of rotatable bonds is 4. The Hall–Kier alpha value is -1.62. The molecule has 1 fully saturated rings. The van der Waals surface area contributed by atoms with Gasteiger partial charge in [-0.25, -0.2) is 0 Å². The Balaban J connectivity index is 1.66. The molecule has 5 nitrogen and oxygen atoms in total. The molecular weight excluding hydrogens is 230 g/mol. The van der Waals surface area contributed by atoms with Crippen LogP contribution in [0.1, 0.15) is 43.2 Å². The van der Waals surface area contributed by atoms with Crippen LogP contribution in [0.25, 0.3) is 0 Å². The van der Waals surface area contributed by atoms with E-state index in [4.69, 9.17) is 14.7 Å². The van der Waals surface area contributed by atoms with Crippen molar-refractivity contribution in [3.8, 4) is 0 Å². The molecular formula is C13H17N3O2. The zero-order valence-corrected chi connectivity index (χ0v) is 10.3. The molecule has 2 N–H and O–H groups in total. The highest BCUT2D eigenvalue weighted by Gasteiger charge is 2.35. The Morgan fingerprint density at radius 3 is 2.83 bits per heavy atom. The number of nitrogens with two attached hydrogens (primary N) is 1. The zero-order valence-electron chi connectivity index (χ0n) is 10.3. The van der Waals surface area contributed by atoms with E-state index < -0.39 is 0 Å². The summed E-state index contributed by atoms with van der Waals surface area (Å²) in [7, 11) is 0. The maximum Gasteiger partial charge on any atom is 0.227 e. The third kappa shape index (κ3) is 2.18. The summed E-state index contributed by atoms with van der Waals surface area (Å²) >= 11 is 0. The molecule has 96 valence electrons. The van der Waals surface area contributed by atoms with Crippen molar-refractivity contribution in [2.24, 2.45) is 5.73 Å². The molecule has 0 amide bonds. The number of hydrogen-bond acceptors (Lipinski definition) is 5. The molecule has 2 heterocycles. The van der Waals surface area contributed by atoms with Gasteiger partial charge >= 0.3 is 0 Å². The Bertz CT molecular complexity index is 498. The third-order valence-electron chi connectivity index (χ3n) is 3.57. The van der Waals surface area contributed by atoms with Crippen LogP contribution in [0, 0.1) is 0 Å². The highest BCUT2D eigenvalue weighted by Crippen LogP contribution is 2.34. The molecule has 0 unspecified atom stereocenters. The average molecular weight is 247 g/mol. The van der Waals surface area contributed by atoms with Gasteiger partial charge in [-0.15, -0.1) is 0 Å². The van der Waals surface area contributed by atoms with Crippen LogP contribution in [-0.4, -0.2) is 10.1 Å². The van der Waals surface area contributed by atoms with Gasteiger partial charge in [-0.2, -0.15) is 4.98 Å². The zero-order chi connectivity index (χ0) is 12.4. The van der Waals surface area contributed by atoms with E-state index in [0.717, 1.165) is 37.9 Å². The lowest BCUT2D eigenvalue weighted by Gasteiger charge is -2.17. The molecule has 2 aromatic rings. The van der Waals surface area contributed by atoms with E-state index in [1.807, 2.05) is 12.1 Å². The van der Waals surface area contributed by atoms with Crippen LogP contribution in [0.2, 0.25) is 0 Å². The van der Waals surface area contributed by atoms with E-state index in [1.54, 1.807) is 6.26 Å². The predicted molar refractivity (Wildman–Crippen MR) is 64.7 cm³/mol. The van der Waals surface area contributed by atoms with E-state index in [2.05, 4.69) is 10.1 Å². The van der Waals surface area contributed by atoms with Crippen LogP contribution in [0.4, 0.5) is 0 Å². The Morgan fingerprint density at radius 1 is 1.28 bits per heavy atom. The van der Waals surface area contributed by atoms with Gasteiger partial charge in [0.25, 0.3) is 0 Å². The maximum atomic E-state index is 6.28. The van der Waals surface area contributed by atoms with E-state index in [-0.39, 0.29) is 5.54 Å². The summed E-state index contributed by atoms with van der Waals surface area (Å²) in [5, 5.41) is 4.03. The van der Waals surface area contributed by atoms with Crippen LogP contribution < -0.4 is 5.73 Å². The first-order valence-electron chi connectivity index (χ1n) is 6.41. The SMILES string of the molecule is NC1(c2noc(CCc3ccco3)n2)CCCC1. The van der Waals surface area contributed by atoms with Crippen molar-refractivity contribution in [2.45, 2.75) is 44.1 Å². The lowest BCUT2D eigenvalue weighted by molar-refractivity contribution is 0.346. The van der Waals surface area contributed by atoms with Crippen LogP contribution in [0.3, 0.4) is 0 Å². The summed E-state index contributed by atoms with van der Waals surface area (Å²) in [5.74, 6) is 2.23. The Kier molecular flexibility index (Phi) is 2.91. The van der Waals surface area contributed by atoms with Crippen LogP contribution in [-0.2, 0) is 18.4 Å². The molecule has 0 radical (unpaired) electrons. The smallest absolute Gasteiger partial charge is 0.227 e. The second-order valence-corrected chi connectivity index (χ2v) is 4.95. The summed E-state index contributed by atoms with van der Waals surface area (Å²) in [4.78, 5) is 4.42. The molecule has 3 rings (SSSR count). The van der Waals surface area contributed by atoms with Gasteiger partial charge in [0.15, 0.2) is 5.82 Å². The molecule has 0 bridgehead atoms. The van der Waals surface area contributed by atoms with Crippen LogP contribution >= 0.6 is 0 Å². The molecule has 1 saturated carbocycles. The number of hydrogen-bond donors (Lipinski definition) is 1. The van der Waals surface area contributed by atoms with Crippen molar-refractivity contribution in [3.63, 3.8) is 0 Å². The minimum absolute atomic E-state index is 0.369. The summed E-state index contributed by atoms with van der Waals surface area (Å²) in [6.07, 6.45) is 7.32. The lowest BCUT2D eigenvalue weighted by Crippen LogP contribution is -2.34. The van der Waals surface area contributed by atoms with Gasteiger partial charge in [0.2, 0.25) is 5.89 Å². The number of aromatic nitrogens is 2. The largest absolute Gasteiger partial charge is 0.469 e. The second-order valence-electron chi connectivity index (χ2n) is 4.95. The molecule has 2 aromatic heterocycles. The fourth-order valence-corrected chi connectivity index (χ4v) is 2.47. The molecule has 0 atom stereocenters. The minimum atomic E-state index is -0.369. The van der Waals surface area contributed by atoms with Gasteiger partial charge in [-0.3, -0.25) is 0 Å². The van der Waals surface area contributed by atoms with E-state index in [9.17, 15) is 0 Å². The Labute approximate surface area is 105 Å². The van der Waals surface area contributed by atoms with Crippen LogP contribution in [0.5, 0.6) is 0 Å². The normalized spacial score (nSPS) is 18.3. The highest BCUT2D eigenvalue weighted by molar-refractivity contribution is 5.07. The average Bonchev–Trinajstić information content (AvgIpc) is 3.08. The van der Waals surface area contributed by atoms with Gasteiger partial charge in [0.1, 0.15) is 5.76 Å². The van der Waals surface area contributed by atoms with Crippen molar-refractivity contribution in [1.29, 1.82) is 0 Å². The molecule has 5 heteroatoms. The fourth-order valence-electron chi connectivity index (χ4n) is 2.47. The van der Waals surface area contributed by atoms with Crippen molar-refractivity contribution in [2.75, 3.05) is 0 Å². The first-order chi connectivity index (χ1) is 8.76. The van der Waals surface area contributed by atoms with Crippen LogP contribution in [0.15, 0.2) is 27.3 Å². The minimum Gasteiger partial charge on any atom is -0.469 e. The van der Waals surface area contributed by atoms with Crippen molar-refractivity contribution in [1.82, 2.24) is 10.1 Å². The fraction of sp³-hybridized carbons (Fsp3) is 0.538. The number of aryl methyl sites for hydroxylation is 2. The molecule has 1 aliphatic carbocycles. The van der Waals surface area contributed by atoms with E-state index in [0.29, 0.717) is 18.1 Å². The monoisotopic (exact) mass is 247 g/mol. The predicted octanol–water partition coefficient (Wildman–Crippen LogP) is 2.18. The standard InChI is InChI=1S/C13H17N3O2/c14-13(7-1-2-8-13)12-15-11(18-16-12)6-5-10-4-3-9-17-10/h3-4,9H,1-2,5-8,14H2. The lowest BCUT2D eigenvalue weighted by atomic mass is 9.99. The van der Waals surface area contributed by atoms with Gasteiger partial charge < -0.3 is 14.7 Å². The Morgan fingerprint density at radius 2 is 2.11 bits per heavy atom. The summed E-state index contributed by atoms with van der Waals surface area (Å²) < 4.78 is 10.5. The van der Waals surface area contributed by atoms with Gasteiger partial charge in [-0.1, -0.05) is 18.0 Å². The maximum absolute atomic E-state index is 6.28. The number of nitrogens with zero attached hydrogens (tertiary/aromatic N) is 2. The highest BCUT2D eigenvalue weighted by atomic mass is 16.5. The molecule has 0 saturated heterocycles. The second kappa shape index (κ2) is 4.57. The molecule has 1 aliphatic rings. The van der Waals surface area contributed by atoms with Crippen molar-refractivity contribution in [3.05, 3.63) is 35.9 Å². The quantitative estimate of drug-likeness (QED) is 0.895. The molecule has 0 aliphatic heterocycles. The summed E-state index contributed by atoms with van der Waals surface area (Å²) in [6.45, 7) is 0. The van der Waals surface area contributed by atoms with Gasteiger partial charge in [-0.05, 0) is 25.0 Å². The van der Waals surface area contributed by atoms with Crippen molar-refractivity contribution >= 4 is 0 Å². The van der Waals surface area contributed by atoms with E-state index >= 15 is 0 Å². The summed E-state index contributed by atoms with van der Waals surface area (Å²) in [5.41, 5.74) is 5.91. The van der Waals surface area contributed by atoms with E-state index in [1.165, 1.54) is 0 Å². The number of furan rings is 1. The molecule has 18 heavy (non-hydrogen) atoms. The summed E-state index contributed by atoms with van der Waals surface area (Å²) in [6, 6.07) is 3.82.